The highest BCUT2D eigenvalue weighted by Crippen LogP contribution is 2.27. The number of halogens is 1. The normalized spacial score (nSPS) is 16.9. The van der Waals surface area contributed by atoms with Gasteiger partial charge in [-0.25, -0.2) is 18.9 Å². The standard InChI is InChI=1S/C22H20FN5OS/c1-14-24-19(13-30-14)22(29)27-9-3-5-17(11-27)21-25-20-8-7-16(12-28(20)26-21)15-4-2-6-18(23)10-15/h2,4,6-8,10,12-13,17H,3,5,9,11H2,1H3/t17-/m0/s1. The molecule has 0 radical (unpaired) electrons. The summed E-state index contributed by atoms with van der Waals surface area (Å²) in [5.74, 6) is 0.522. The lowest BCUT2D eigenvalue weighted by Crippen LogP contribution is -2.39. The molecule has 1 atom stereocenters. The van der Waals surface area contributed by atoms with E-state index in [0.717, 1.165) is 47.0 Å². The summed E-state index contributed by atoms with van der Waals surface area (Å²) in [6.45, 7) is 3.21. The van der Waals surface area contributed by atoms with E-state index in [1.165, 1.54) is 23.5 Å². The molecule has 152 valence electrons. The Balaban J connectivity index is 1.39. The molecule has 1 amide bonds. The molecule has 0 N–H and O–H groups in total. The number of carbonyl (C=O) groups is 1. The molecule has 0 bridgehead atoms. The van der Waals surface area contributed by atoms with Gasteiger partial charge in [0.1, 0.15) is 11.5 Å². The number of pyridine rings is 1. The van der Waals surface area contributed by atoms with Crippen molar-refractivity contribution in [2.75, 3.05) is 13.1 Å². The largest absolute Gasteiger partial charge is 0.337 e. The third kappa shape index (κ3) is 3.59. The van der Waals surface area contributed by atoms with E-state index in [4.69, 9.17) is 0 Å². The van der Waals surface area contributed by atoms with Gasteiger partial charge in [-0.2, -0.15) is 5.10 Å². The van der Waals surface area contributed by atoms with Crippen LogP contribution in [0.3, 0.4) is 0 Å². The van der Waals surface area contributed by atoms with Crippen LogP contribution in [0.25, 0.3) is 16.8 Å². The molecule has 3 aromatic heterocycles. The quantitative estimate of drug-likeness (QED) is 0.494. The van der Waals surface area contributed by atoms with E-state index in [-0.39, 0.29) is 17.6 Å². The van der Waals surface area contributed by atoms with E-state index in [0.29, 0.717) is 12.2 Å². The Kier molecular flexibility index (Phi) is 4.78. The van der Waals surface area contributed by atoms with E-state index in [9.17, 15) is 9.18 Å². The number of rotatable bonds is 3. The smallest absolute Gasteiger partial charge is 0.273 e. The van der Waals surface area contributed by atoms with Gasteiger partial charge < -0.3 is 4.90 Å². The molecule has 0 spiro atoms. The van der Waals surface area contributed by atoms with Gasteiger partial charge in [0, 0.05) is 36.1 Å². The molecule has 0 unspecified atom stereocenters. The lowest BCUT2D eigenvalue weighted by molar-refractivity contribution is 0.0699. The number of aromatic nitrogens is 4. The Morgan fingerprint density at radius 3 is 2.90 bits per heavy atom. The van der Waals surface area contributed by atoms with Gasteiger partial charge in [0.15, 0.2) is 11.5 Å². The molecule has 1 fully saturated rings. The van der Waals surface area contributed by atoms with Crippen molar-refractivity contribution in [1.82, 2.24) is 24.5 Å². The average molecular weight is 422 g/mol. The minimum atomic E-state index is -0.269. The first-order valence-corrected chi connectivity index (χ1v) is 10.8. The molecule has 0 saturated carbocycles. The summed E-state index contributed by atoms with van der Waals surface area (Å²) in [4.78, 5) is 23.7. The summed E-state index contributed by atoms with van der Waals surface area (Å²) in [6.07, 6.45) is 3.71. The van der Waals surface area contributed by atoms with Crippen LogP contribution < -0.4 is 0 Å². The van der Waals surface area contributed by atoms with Gasteiger partial charge in [0.25, 0.3) is 5.91 Å². The van der Waals surface area contributed by atoms with Crippen LogP contribution in [0.1, 0.15) is 40.1 Å². The van der Waals surface area contributed by atoms with E-state index < -0.39 is 0 Å². The summed E-state index contributed by atoms with van der Waals surface area (Å²) >= 11 is 1.49. The Morgan fingerprint density at radius 2 is 2.10 bits per heavy atom. The van der Waals surface area contributed by atoms with E-state index in [1.54, 1.807) is 10.6 Å². The number of amides is 1. The van der Waals surface area contributed by atoms with Crippen molar-refractivity contribution >= 4 is 22.9 Å². The molecule has 6 nitrogen and oxygen atoms in total. The van der Waals surface area contributed by atoms with Crippen molar-refractivity contribution in [2.24, 2.45) is 0 Å². The molecular weight excluding hydrogens is 401 g/mol. The first-order valence-electron chi connectivity index (χ1n) is 9.90. The number of carbonyl (C=O) groups excluding carboxylic acids is 1. The summed E-state index contributed by atoms with van der Waals surface area (Å²) in [6, 6.07) is 10.3. The van der Waals surface area contributed by atoms with Gasteiger partial charge in [-0.3, -0.25) is 4.79 Å². The van der Waals surface area contributed by atoms with Crippen LogP contribution in [0.4, 0.5) is 4.39 Å². The monoisotopic (exact) mass is 421 g/mol. The maximum Gasteiger partial charge on any atom is 0.273 e. The highest BCUT2D eigenvalue weighted by atomic mass is 32.1. The van der Waals surface area contributed by atoms with Gasteiger partial charge >= 0.3 is 0 Å². The van der Waals surface area contributed by atoms with Gasteiger partial charge in [-0.15, -0.1) is 11.3 Å². The molecule has 4 heterocycles. The van der Waals surface area contributed by atoms with Crippen LogP contribution in [-0.2, 0) is 0 Å². The van der Waals surface area contributed by atoms with Crippen LogP contribution in [0, 0.1) is 12.7 Å². The number of hydrogen-bond acceptors (Lipinski definition) is 5. The van der Waals surface area contributed by atoms with Crippen LogP contribution in [0.15, 0.2) is 48.0 Å². The van der Waals surface area contributed by atoms with E-state index in [1.807, 2.05) is 41.6 Å². The maximum absolute atomic E-state index is 13.6. The number of likely N-dealkylation sites (tertiary alicyclic amines) is 1. The zero-order chi connectivity index (χ0) is 20.7. The highest BCUT2D eigenvalue weighted by molar-refractivity contribution is 7.09. The second kappa shape index (κ2) is 7.60. The first-order chi connectivity index (χ1) is 14.6. The number of hydrogen-bond donors (Lipinski definition) is 0. The molecule has 1 aliphatic rings. The number of aryl methyl sites for hydroxylation is 1. The first kappa shape index (κ1) is 18.9. The maximum atomic E-state index is 13.6. The number of nitrogens with zero attached hydrogens (tertiary/aromatic N) is 5. The van der Waals surface area contributed by atoms with Crippen LogP contribution >= 0.6 is 11.3 Å². The average Bonchev–Trinajstić information content (AvgIpc) is 3.39. The molecule has 1 aliphatic heterocycles. The zero-order valence-electron chi connectivity index (χ0n) is 16.5. The predicted molar refractivity (Wildman–Crippen MR) is 113 cm³/mol. The van der Waals surface area contributed by atoms with Crippen molar-refractivity contribution < 1.29 is 9.18 Å². The summed E-state index contributed by atoms with van der Waals surface area (Å²) in [5.41, 5.74) is 2.92. The van der Waals surface area contributed by atoms with Crippen molar-refractivity contribution in [3.8, 4) is 11.1 Å². The lowest BCUT2D eigenvalue weighted by Gasteiger charge is -2.30. The van der Waals surface area contributed by atoms with Gasteiger partial charge in [0.05, 0.1) is 5.01 Å². The van der Waals surface area contributed by atoms with Crippen molar-refractivity contribution in [1.29, 1.82) is 0 Å². The van der Waals surface area contributed by atoms with Crippen molar-refractivity contribution in [2.45, 2.75) is 25.7 Å². The van der Waals surface area contributed by atoms with Crippen LogP contribution in [-0.4, -0.2) is 43.5 Å². The number of fused-ring (bicyclic) bond motifs is 1. The third-order valence-corrected chi connectivity index (χ3v) is 6.19. The SMILES string of the molecule is Cc1nc(C(=O)N2CCC[C@H](c3nc4ccc(-c5cccc(F)c5)cn4n3)C2)cs1. The molecular formula is C22H20FN5OS. The second-order valence-electron chi connectivity index (χ2n) is 7.54. The summed E-state index contributed by atoms with van der Waals surface area (Å²) in [5, 5.41) is 7.39. The van der Waals surface area contributed by atoms with E-state index >= 15 is 0 Å². The minimum absolute atomic E-state index is 0.0267. The van der Waals surface area contributed by atoms with Crippen molar-refractivity contribution in [3.63, 3.8) is 0 Å². The Morgan fingerprint density at radius 1 is 1.20 bits per heavy atom. The Bertz CT molecular complexity index is 1230. The number of piperidine rings is 1. The summed E-state index contributed by atoms with van der Waals surface area (Å²) in [7, 11) is 0. The van der Waals surface area contributed by atoms with E-state index in [2.05, 4.69) is 15.1 Å². The topological polar surface area (TPSA) is 63.4 Å². The molecule has 0 aliphatic carbocycles. The zero-order valence-corrected chi connectivity index (χ0v) is 17.3. The molecule has 8 heteroatoms. The number of thiazole rings is 1. The van der Waals surface area contributed by atoms with Gasteiger partial charge in [-0.1, -0.05) is 12.1 Å². The molecule has 4 aromatic rings. The van der Waals surface area contributed by atoms with Gasteiger partial charge in [-0.05, 0) is 49.6 Å². The van der Waals surface area contributed by atoms with Crippen LogP contribution in [0.2, 0.25) is 0 Å². The molecule has 30 heavy (non-hydrogen) atoms. The molecule has 5 rings (SSSR count). The fourth-order valence-electron chi connectivity index (χ4n) is 3.91. The Hall–Kier alpha value is -3.13. The second-order valence-corrected chi connectivity index (χ2v) is 8.61. The Labute approximate surface area is 177 Å². The predicted octanol–water partition coefficient (Wildman–Crippen LogP) is 4.32. The van der Waals surface area contributed by atoms with Crippen LogP contribution in [0.5, 0.6) is 0 Å². The lowest BCUT2D eigenvalue weighted by atomic mass is 9.97. The van der Waals surface area contributed by atoms with Gasteiger partial charge in [0.2, 0.25) is 0 Å². The fraction of sp³-hybridized carbons (Fsp3) is 0.273. The fourth-order valence-corrected chi connectivity index (χ4v) is 4.49. The third-order valence-electron chi connectivity index (χ3n) is 5.42. The summed E-state index contributed by atoms with van der Waals surface area (Å²) < 4.78 is 15.3. The minimum Gasteiger partial charge on any atom is -0.337 e. The number of benzene rings is 1. The highest BCUT2D eigenvalue weighted by Gasteiger charge is 2.29. The van der Waals surface area contributed by atoms with Crippen molar-refractivity contribution in [3.05, 3.63) is 70.3 Å². The molecule has 1 saturated heterocycles. The molecule has 1 aromatic carbocycles.